The Hall–Kier alpha value is -0.890. The fraction of sp³-hybridized carbons (Fsp3) is 0.556. The number of anilines is 1. The number of nitrogens with one attached hydrogen (secondary N) is 1. The van der Waals surface area contributed by atoms with Crippen LogP contribution in [-0.2, 0) is 4.74 Å². The van der Waals surface area contributed by atoms with Gasteiger partial charge in [0.1, 0.15) is 5.60 Å². The Labute approximate surface area is 107 Å². The minimum atomic E-state index is -1.26. The van der Waals surface area contributed by atoms with Crippen LogP contribution in [0.5, 0.6) is 0 Å². The molecule has 1 rings (SSSR count). The summed E-state index contributed by atoms with van der Waals surface area (Å²) < 4.78 is 4.53. The summed E-state index contributed by atoms with van der Waals surface area (Å²) in [5.74, 6) is -0.561. The summed E-state index contributed by atoms with van der Waals surface area (Å²) >= 11 is 6.77. The number of thiazole rings is 1. The van der Waals surface area contributed by atoms with E-state index in [0.29, 0.717) is 5.13 Å². The van der Waals surface area contributed by atoms with E-state index in [2.05, 4.69) is 15.0 Å². The molecule has 1 aromatic rings. The zero-order chi connectivity index (χ0) is 13.1. The predicted molar refractivity (Wildman–Crippen MR) is 64.7 cm³/mol. The van der Waals surface area contributed by atoms with E-state index >= 15 is 0 Å². The number of hydrogen-bond acceptors (Lipinski definition) is 7. The zero-order valence-corrected chi connectivity index (χ0v) is 10.9. The number of aromatic nitrogens is 1. The molecule has 96 valence electrons. The van der Waals surface area contributed by atoms with Crippen molar-refractivity contribution in [2.24, 2.45) is 0 Å². The van der Waals surface area contributed by atoms with Crippen molar-refractivity contribution >= 4 is 34.0 Å². The Morgan fingerprint density at radius 1 is 1.71 bits per heavy atom. The van der Waals surface area contributed by atoms with E-state index in [1.165, 1.54) is 14.0 Å². The smallest absolute Gasteiger partial charge is 0.351 e. The van der Waals surface area contributed by atoms with Crippen molar-refractivity contribution in [2.45, 2.75) is 12.5 Å². The van der Waals surface area contributed by atoms with E-state index in [0.717, 1.165) is 11.3 Å². The number of rotatable bonds is 5. The van der Waals surface area contributed by atoms with Gasteiger partial charge in [0.2, 0.25) is 0 Å². The molecule has 17 heavy (non-hydrogen) atoms. The first-order chi connectivity index (χ1) is 7.89. The van der Waals surface area contributed by atoms with Crippen LogP contribution in [0.1, 0.15) is 16.6 Å². The van der Waals surface area contributed by atoms with Gasteiger partial charge in [-0.05, 0) is 6.92 Å². The van der Waals surface area contributed by atoms with Crippen molar-refractivity contribution in [3.8, 4) is 0 Å². The summed E-state index contributed by atoms with van der Waals surface area (Å²) in [5.41, 5.74) is -1.26. The molecule has 3 N–H and O–H groups in total. The van der Waals surface area contributed by atoms with Crippen molar-refractivity contribution < 1.29 is 19.7 Å². The Bertz CT molecular complexity index is 408. The molecule has 0 saturated heterocycles. The van der Waals surface area contributed by atoms with E-state index in [1.54, 1.807) is 0 Å². The van der Waals surface area contributed by atoms with Gasteiger partial charge in [-0.1, -0.05) is 22.9 Å². The first kappa shape index (κ1) is 14.2. The van der Waals surface area contributed by atoms with E-state index in [-0.39, 0.29) is 23.2 Å². The van der Waals surface area contributed by atoms with Gasteiger partial charge in [-0.3, -0.25) is 0 Å². The third kappa shape index (κ3) is 3.81. The number of hydrogen-bond donors (Lipinski definition) is 3. The lowest BCUT2D eigenvalue weighted by Crippen LogP contribution is -2.37. The molecule has 1 unspecified atom stereocenters. The van der Waals surface area contributed by atoms with Crippen LogP contribution in [0.25, 0.3) is 0 Å². The fourth-order valence-electron chi connectivity index (χ4n) is 0.918. The average Bonchev–Trinajstić information content (AvgIpc) is 2.67. The van der Waals surface area contributed by atoms with Crippen molar-refractivity contribution in [1.82, 2.24) is 4.98 Å². The Morgan fingerprint density at radius 3 is 2.88 bits per heavy atom. The Kier molecular flexibility index (Phi) is 4.70. The highest BCUT2D eigenvalue weighted by molar-refractivity contribution is 7.18. The molecule has 0 radical (unpaired) electrons. The van der Waals surface area contributed by atoms with Gasteiger partial charge in [-0.2, -0.15) is 0 Å². The molecule has 0 aliphatic carbocycles. The van der Waals surface area contributed by atoms with Crippen molar-refractivity contribution in [2.75, 3.05) is 25.6 Å². The highest BCUT2D eigenvalue weighted by atomic mass is 35.5. The highest BCUT2D eigenvalue weighted by Crippen LogP contribution is 2.27. The minimum Gasteiger partial charge on any atom is -0.465 e. The lowest BCUT2D eigenvalue weighted by Gasteiger charge is -2.19. The summed E-state index contributed by atoms with van der Waals surface area (Å²) in [6.07, 6.45) is 0. The molecule has 0 amide bonds. The second-order valence-corrected chi connectivity index (χ2v) is 5.00. The number of halogens is 1. The number of methoxy groups -OCH3 is 1. The number of esters is 1. The van der Waals surface area contributed by atoms with Gasteiger partial charge in [0, 0.05) is 6.54 Å². The standard InChI is InChI=1S/C9H13ClN2O4S/c1-9(15,4-13)3-11-8-12-6(10)5(17-8)7(14)16-2/h13,15H,3-4H2,1-2H3,(H,11,12). The van der Waals surface area contributed by atoms with Gasteiger partial charge in [0.15, 0.2) is 15.2 Å². The van der Waals surface area contributed by atoms with Gasteiger partial charge >= 0.3 is 5.97 Å². The Morgan fingerprint density at radius 2 is 2.35 bits per heavy atom. The van der Waals surface area contributed by atoms with Gasteiger partial charge < -0.3 is 20.3 Å². The SMILES string of the molecule is COC(=O)c1sc(NCC(C)(O)CO)nc1Cl. The van der Waals surface area contributed by atoms with Gasteiger partial charge in [-0.15, -0.1) is 0 Å². The van der Waals surface area contributed by atoms with E-state index in [9.17, 15) is 9.90 Å². The lowest BCUT2D eigenvalue weighted by molar-refractivity contribution is 0.0132. The van der Waals surface area contributed by atoms with Crippen LogP contribution in [0.3, 0.4) is 0 Å². The topological polar surface area (TPSA) is 91.7 Å². The fourth-order valence-corrected chi connectivity index (χ4v) is 2.02. The number of nitrogens with zero attached hydrogens (tertiary/aromatic N) is 1. The molecular formula is C9H13ClN2O4S. The first-order valence-corrected chi connectivity index (χ1v) is 5.91. The molecule has 0 spiro atoms. The van der Waals surface area contributed by atoms with Crippen LogP contribution in [-0.4, -0.2) is 47.0 Å². The summed E-state index contributed by atoms with van der Waals surface area (Å²) in [6, 6.07) is 0. The average molecular weight is 281 g/mol. The molecule has 1 heterocycles. The van der Waals surface area contributed by atoms with Gasteiger partial charge in [-0.25, -0.2) is 9.78 Å². The number of aliphatic hydroxyl groups is 2. The predicted octanol–water partition coefficient (Wildman–Crippen LogP) is 0.738. The van der Waals surface area contributed by atoms with Crippen molar-refractivity contribution in [3.05, 3.63) is 10.0 Å². The summed E-state index contributed by atoms with van der Waals surface area (Å²) in [5, 5.41) is 21.6. The van der Waals surface area contributed by atoms with Crippen LogP contribution >= 0.6 is 22.9 Å². The summed E-state index contributed by atoms with van der Waals surface area (Å²) in [6.45, 7) is 1.17. The van der Waals surface area contributed by atoms with Crippen LogP contribution in [0.15, 0.2) is 0 Å². The maximum Gasteiger partial charge on any atom is 0.351 e. The number of carbonyl (C=O) groups is 1. The molecule has 0 aliphatic rings. The van der Waals surface area contributed by atoms with Crippen molar-refractivity contribution in [1.29, 1.82) is 0 Å². The van der Waals surface area contributed by atoms with Crippen LogP contribution in [0.4, 0.5) is 5.13 Å². The molecular weight excluding hydrogens is 268 g/mol. The molecule has 8 heteroatoms. The second-order valence-electron chi connectivity index (χ2n) is 3.64. The number of aliphatic hydroxyl groups excluding tert-OH is 1. The van der Waals surface area contributed by atoms with E-state index < -0.39 is 11.6 Å². The molecule has 0 bridgehead atoms. The highest BCUT2D eigenvalue weighted by Gasteiger charge is 2.21. The lowest BCUT2D eigenvalue weighted by atomic mass is 10.1. The summed E-state index contributed by atoms with van der Waals surface area (Å²) in [7, 11) is 1.25. The van der Waals surface area contributed by atoms with Gasteiger partial charge in [0.25, 0.3) is 0 Å². The van der Waals surface area contributed by atoms with E-state index in [4.69, 9.17) is 16.7 Å². The number of ether oxygens (including phenoxy) is 1. The normalized spacial score (nSPS) is 14.2. The van der Waals surface area contributed by atoms with Crippen LogP contribution in [0, 0.1) is 0 Å². The zero-order valence-electron chi connectivity index (χ0n) is 9.36. The first-order valence-electron chi connectivity index (χ1n) is 4.71. The van der Waals surface area contributed by atoms with E-state index in [1.807, 2.05) is 0 Å². The minimum absolute atomic E-state index is 0.0491. The van der Waals surface area contributed by atoms with Crippen molar-refractivity contribution in [3.63, 3.8) is 0 Å². The van der Waals surface area contributed by atoms with Crippen LogP contribution < -0.4 is 5.32 Å². The molecule has 1 aromatic heterocycles. The maximum absolute atomic E-state index is 11.3. The monoisotopic (exact) mass is 280 g/mol. The number of carbonyl (C=O) groups excluding carboxylic acids is 1. The quantitative estimate of drug-likeness (QED) is 0.689. The summed E-state index contributed by atoms with van der Waals surface area (Å²) in [4.78, 5) is 15.3. The maximum atomic E-state index is 11.3. The molecule has 6 nitrogen and oxygen atoms in total. The van der Waals surface area contributed by atoms with Crippen LogP contribution in [0.2, 0.25) is 5.15 Å². The third-order valence-corrected chi connectivity index (χ3v) is 3.30. The van der Waals surface area contributed by atoms with Gasteiger partial charge in [0.05, 0.1) is 13.7 Å². The Balaban J connectivity index is 2.71. The third-order valence-electron chi connectivity index (χ3n) is 1.92. The molecule has 1 atom stereocenters. The largest absolute Gasteiger partial charge is 0.465 e. The molecule has 0 aromatic carbocycles. The molecule has 0 saturated carbocycles. The molecule has 0 aliphatic heterocycles. The molecule has 0 fully saturated rings. The second kappa shape index (κ2) is 5.63.